The number of benzene rings is 1. The Balaban J connectivity index is 1.58. The summed E-state index contributed by atoms with van der Waals surface area (Å²) < 4.78 is 9.15. The van der Waals surface area contributed by atoms with E-state index in [1.807, 2.05) is 6.20 Å². The Bertz CT molecular complexity index is 1610. The van der Waals surface area contributed by atoms with E-state index >= 15 is 0 Å². The lowest BCUT2D eigenvalue weighted by atomic mass is 10.1. The van der Waals surface area contributed by atoms with Crippen LogP contribution in [0.15, 0.2) is 74.5 Å². The molecule has 0 saturated carbocycles. The molecule has 4 N–H and O–H groups in total. The van der Waals surface area contributed by atoms with Crippen LogP contribution in [0.3, 0.4) is 0 Å². The normalized spacial score (nSPS) is 10.7. The molecule has 0 fully saturated rings. The summed E-state index contributed by atoms with van der Waals surface area (Å²) in [7, 11) is 0. The zero-order chi connectivity index (χ0) is 25.1. The van der Waals surface area contributed by atoms with Crippen LogP contribution in [0.4, 0.5) is 17.3 Å². The molecule has 12 nitrogen and oxygen atoms in total. The van der Waals surface area contributed by atoms with Gasteiger partial charge in [0.1, 0.15) is 17.7 Å². The molecule has 36 heavy (non-hydrogen) atoms. The first-order chi connectivity index (χ1) is 17.6. The average Bonchev–Trinajstić information content (AvgIpc) is 3.63. The van der Waals surface area contributed by atoms with Crippen molar-refractivity contribution in [3.8, 4) is 22.8 Å². The SMILES string of the molecule is C=CC(=O)Nc1cccc(Oc2nc(Nc3cnn(C=N)c3)nc3[nH]cc(-c4cnn(C=C)c4)c23)c1. The summed E-state index contributed by atoms with van der Waals surface area (Å²) in [5, 5.41) is 22.0. The highest BCUT2D eigenvalue weighted by molar-refractivity contribution is 5.99. The van der Waals surface area contributed by atoms with Gasteiger partial charge in [0.05, 0.1) is 29.7 Å². The Kier molecular flexibility index (Phi) is 5.81. The van der Waals surface area contributed by atoms with Crippen molar-refractivity contribution in [2.45, 2.75) is 0 Å². The van der Waals surface area contributed by atoms with Crippen LogP contribution in [0, 0.1) is 5.41 Å². The van der Waals surface area contributed by atoms with Crippen LogP contribution in [0.1, 0.15) is 0 Å². The Morgan fingerprint density at radius 1 is 1.11 bits per heavy atom. The highest BCUT2D eigenvalue weighted by atomic mass is 16.5. The molecule has 0 atom stereocenters. The minimum atomic E-state index is -0.333. The first-order valence-electron chi connectivity index (χ1n) is 10.7. The number of anilines is 3. The summed E-state index contributed by atoms with van der Waals surface area (Å²) in [5.74, 6) is 0.652. The molecule has 0 unspecified atom stereocenters. The molecule has 0 saturated heterocycles. The Hall–Kier alpha value is -5.52. The number of H-pyrrole nitrogens is 1. The van der Waals surface area contributed by atoms with E-state index in [1.165, 1.54) is 10.8 Å². The van der Waals surface area contributed by atoms with Gasteiger partial charge >= 0.3 is 0 Å². The predicted octanol–water partition coefficient (Wildman–Crippen LogP) is 4.23. The molecule has 1 amide bonds. The summed E-state index contributed by atoms with van der Waals surface area (Å²) in [6.07, 6.45) is 12.4. The lowest BCUT2D eigenvalue weighted by molar-refractivity contribution is -0.111. The number of hydrogen-bond donors (Lipinski definition) is 4. The monoisotopic (exact) mass is 480 g/mol. The Labute approximate surface area is 204 Å². The van der Waals surface area contributed by atoms with Crippen LogP contribution in [0.5, 0.6) is 11.6 Å². The van der Waals surface area contributed by atoms with E-state index in [-0.39, 0.29) is 17.7 Å². The van der Waals surface area contributed by atoms with Crippen molar-refractivity contribution in [2.24, 2.45) is 0 Å². The maximum Gasteiger partial charge on any atom is 0.247 e. The number of rotatable bonds is 9. The first kappa shape index (κ1) is 22.3. The van der Waals surface area contributed by atoms with Crippen LogP contribution in [0.2, 0.25) is 0 Å². The van der Waals surface area contributed by atoms with Gasteiger partial charge in [-0.1, -0.05) is 19.2 Å². The highest BCUT2D eigenvalue weighted by Gasteiger charge is 2.19. The second kappa shape index (κ2) is 9.38. The topological polar surface area (TPSA) is 151 Å². The summed E-state index contributed by atoms with van der Waals surface area (Å²) in [5.41, 5.74) is 3.26. The van der Waals surface area contributed by atoms with Gasteiger partial charge in [0, 0.05) is 41.5 Å². The molecule has 5 rings (SSSR count). The number of aromatic nitrogens is 7. The van der Waals surface area contributed by atoms with Crippen molar-refractivity contribution in [3.05, 3.63) is 74.5 Å². The third kappa shape index (κ3) is 4.46. The number of hydrogen-bond acceptors (Lipinski definition) is 8. The van der Waals surface area contributed by atoms with Crippen LogP contribution in [-0.2, 0) is 4.79 Å². The summed E-state index contributed by atoms with van der Waals surface area (Å²) in [4.78, 5) is 24.1. The quantitative estimate of drug-likeness (QED) is 0.140. The number of carbonyl (C=O) groups excluding carboxylic acids is 1. The van der Waals surface area contributed by atoms with Gasteiger partial charge in [-0.15, -0.1) is 0 Å². The smallest absolute Gasteiger partial charge is 0.247 e. The van der Waals surface area contributed by atoms with Gasteiger partial charge in [-0.2, -0.15) is 20.2 Å². The second-order valence-electron chi connectivity index (χ2n) is 7.46. The lowest BCUT2D eigenvalue weighted by Gasteiger charge is -2.11. The van der Waals surface area contributed by atoms with Crippen molar-refractivity contribution >= 4 is 46.8 Å². The molecule has 178 valence electrons. The number of amides is 1. The van der Waals surface area contributed by atoms with E-state index in [2.05, 4.69) is 48.9 Å². The van der Waals surface area contributed by atoms with Gasteiger partial charge in [0.25, 0.3) is 0 Å². The maximum atomic E-state index is 11.7. The first-order valence-corrected chi connectivity index (χ1v) is 10.7. The van der Waals surface area contributed by atoms with E-state index < -0.39 is 0 Å². The number of nitrogens with zero attached hydrogens (tertiary/aromatic N) is 6. The predicted molar refractivity (Wildman–Crippen MR) is 137 cm³/mol. The minimum absolute atomic E-state index is 0.258. The van der Waals surface area contributed by atoms with E-state index in [9.17, 15) is 4.79 Å². The lowest BCUT2D eigenvalue weighted by Crippen LogP contribution is -2.07. The molecule has 0 bridgehead atoms. The maximum absolute atomic E-state index is 11.7. The van der Waals surface area contributed by atoms with E-state index in [1.54, 1.807) is 59.9 Å². The molecule has 0 aliphatic heterocycles. The van der Waals surface area contributed by atoms with Crippen LogP contribution in [-0.4, -0.2) is 46.8 Å². The van der Waals surface area contributed by atoms with Gasteiger partial charge in [0.2, 0.25) is 17.7 Å². The van der Waals surface area contributed by atoms with Crippen LogP contribution < -0.4 is 15.4 Å². The van der Waals surface area contributed by atoms with Crippen molar-refractivity contribution < 1.29 is 9.53 Å². The largest absolute Gasteiger partial charge is 0.438 e. The molecule has 4 aromatic heterocycles. The third-order valence-corrected chi connectivity index (χ3v) is 5.09. The second-order valence-corrected chi connectivity index (χ2v) is 7.46. The summed E-state index contributed by atoms with van der Waals surface area (Å²) >= 11 is 0. The molecule has 0 aliphatic carbocycles. The fourth-order valence-electron chi connectivity index (χ4n) is 3.48. The van der Waals surface area contributed by atoms with Crippen molar-refractivity contribution in [1.82, 2.24) is 34.5 Å². The fourth-order valence-corrected chi connectivity index (χ4v) is 3.48. The van der Waals surface area contributed by atoms with Crippen molar-refractivity contribution in [2.75, 3.05) is 10.6 Å². The molecule has 12 heteroatoms. The van der Waals surface area contributed by atoms with Gasteiger partial charge in [-0.05, 0) is 18.2 Å². The summed E-state index contributed by atoms with van der Waals surface area (Å²) in [6.45, 7) is 7.20. The molecule has 5 aromatic rings. The minimum Gasteiger partial charge on any atom is -0.438 e. The molecular formula is C24H20N10O2. The van der Waals surface area contributed by atoms with E-state index in [4.69, 9.17) is 10.1 Å². The number of carbonyl (C=O) groups is 1. The zero-order valence-corrected chi connectivity index (χ0v) is 18.8. The Morgan fingerprint density at radius 2 is 1.97 bits per heavy atom. The zero-order valence-electron chi connectivity index (χ0n) is 18.8. The summed E-state index contributed by atoms with van der Waals surface area (Å²) in [6, 6.07) is 6.92. The number of fused-ring (bicyclic) bond motifs is 1. The van der Waals surface area contributed by atoms with Crippen molar-refractivity contribution in [1.29, 1.82) is 5.41 Å². The molecule has 4 heterocycles. The standard InChI is InChI=1S/C24H20N10O2/c1-3-20(35)29-16-6-5-7-18(8-16)36-23-21-19(15-9-27-33(4-2)12-15)11-26-22(21)31-24(32-23)30-17-10-28-34(13-17)14-25/h3-14,25H,1-2H2,(H,29,35)(H2,26,30,31,32). The number of aromatic amines is 1. The van der Waals surface area contributed by atoms with Gasteiger partial charge in [-0.3, -0.25) is 10.2 Å². The number of nitrogens with one attached hydrogen (secondary N) is 4. The molecule has 0 radical (unpaired) electrons. The Morgan fingerprint density at radius 3 is 2.72 bits per heavy atom. The van der Waals surface area contributed by atoms with Gasteiger partial charge in [0.15, 0.2) is 0 Å². The third-order valence-electron chi connectivity index (χ3n) is 5.09. The van der Waals surface area contributed by atoms with Crippen LogP contribution >= 0.6 is 0 Å². The van der Waals surface area contributed by atoms with Gasteiger partial charge in [-0.25, -0.2) is 9.36 Å². The van der Waals surface area contributed by atoms with Gasteiger partial charge < -0.3 is 20.4 Å². The highest BCUT2D eigenvalue weighted by Crippen LogP contribution is 2.37. The van der Waals surface area contributed by atoms with E-state index in [0.717, 1.165) is 17.5 Å². The molecule has 1 aromatic carbocycles. The van der Waals surface area contributed by atoms with Crippen molar-refractivity contribution in [3.63, 3.8) is 0 Å². The molecular weight excluding hydrogens is 460 g/mol. The number of ether oxygens (including phenoxy) is 1. The fraction of sp³-hybridized carbons (Fsp3) is 0. The molecule has 0 aliphatic rings. The average molecular weight is 480 g/mol. The van der Waals surface area contributed by atoms with Crippen LogP contribution in [0.25, 0.3) is 28.4 Å². The molecule has 0 spiro atoms. The van der Waals surface area contributed by atoms with E-state index in [0.29, 0.717) is 28.2 Å².